The van der Waals surface area contributed by atoms with Gasteiger partial charge in [0.25, 0.3) is 5.91 Å². The molecule has 0 heterocycles. The molecule has 0 atom stereocenters. The van der Waals surface area contributed by atoms with Crippen molar-refractivity contribution in [2.24, 2.45) is 0 Å². The summed E-state index contributed by atoms with van der Waals surface area (Å²) in [4.78, 5) is 12.1. The van der Waals surface area contributed by atoms with Crippen molar-refractivity contribution < 1.29 is 4.79 Å². The van der Waals surface area contributed by atoms with Crippen LogP contribution in [-0.4, -0.2) is 12.5 Å². The highest BCUT2D eigenvalue weighted by atomic mass is 35.5. The lowest BCUT2D eigenvalue weighted by Gasteiger charge is -2.08. The van der Waals surface area contributed by atoms with Crippen molar-refractivity contribution in [3.8, 4) is 0 Å². The van der Waals surface area contributed by atoms with Crippen molar-refractivity contribution in [1.29, 1.82) is 0 Å². The van der Waals surface area contributed by atoms with E-state index in [2.05, 4.69) is 10.6 Å². The van der Waals surface area contributed by atoms with Crippen LogP contribution >= 0.6 is 23.2 Å². The minimum Gasteiger partial charge on any atom is -0.385 e. The largest absolute Gasteiger partial charge is 0.385 e. The number of benzene rings is 2. The highest BCUT2D eigenvalue weighted by Gasteiger charge is 2.09. The van der Waals surface area contributed by atoms with Gasteiger partial charge in [-0.2, -0.15) is 0 Å². The first-order valence-corrected chi connectivity index (χ1v) is 6.96. The molecule has 2 N–H and O–H groups in total. The van der Waals surface area contributed by atoms with Crippen molar-refractivity contribution in [2.75, 3.05) is 17.2 Å². The first-order chi connectivity index (χ1) is 9.60. The molecule has 0 radical (unpaired) electrons. The second-order valence-corrected chi connectivity index (χ2v) is 5.03. The van der Waals surface area contributed by atoms with Gasteiger partial charge in [-0.25, -0.2) is 0 Å². The van der Waals surface area contributed by atoms with Gasteiger partial charge in [-0.05, 0) is 49.4 Å². The average molecular weight is 309 g/mol. The summed E-state index contributed by atoms with van der Waals surface area (Å²) in [6.45, 7) is 2.85. The lowest BCUT2D eigenvalue weighted by atomic mass is 10.2. The zero-order chi connectivity index (χ0) is 14.5. The molecule has 0 bridgehead atoms. The number of hydrogen-bond acceptors (Lipinski definition) is 2. The van der Waals surface area contributed by atoms with Crippen LogP contribution in [0.5, 0.6) is 0 Å². The van der Waals surface area contributed by atoms with E-state index in [1.807, 2.05) is 19.1 Å². The van der Waals surface area contributed by atoms with Gasteiger partial charge in [0.2, 0.25) is 0 Å². The number of carbonyl (C=O) groups is 1. The van der Waals surface area contributed by atoms with Crippen molar-refractivity contribution in [3.05, 3.63) is 58.1 Å². The number of rotatable bonds is 4. The Morgan fingerprint density at radius 3 is 2.45 bits per heavy atom. The van der Waals surface area contributed by atoms with Gasteiger partial charge in [-0.3, -0.25) is 4.79 Å². The highest BCUT2D eigenvalue weighted by Crippen LogP contribution is 2.26. The van der Waals surface area contributed by atoms with E-state index in [-0.39, 0.29) is 5.91 Å². The molecule has 0 unspecified atom stereocenters. The monoisotopic (exact) mass is 308 g/mol. The molecule has 2 aromatic carbocycles. The molecule has 0 aliphatic carbocycles. The fraction of sp³-hybridized carbons (Fsp3) is 0.133. The molecule has 0 aromatic heterocycles. The van der Waals surface area contributed by atoms with Crippen LogP contribution in [0.15, 0.2) is 42.5 Å². The summed E-state index contributed by atoms with van der Waals surface area (Å²) in [5.41, 5.74) is 2.03. The van der Waals surface area contributed by atoms with Gasteiger partial charge < -0.3 is 10.6 Å². The third kappa shape index (κ3) is 3.65. The van der Waals surface area contributed by atoms with Crippen LogP contribution in [-0.2, 0) is 0 Å². The van der Waals surface area contributed by atoms with E-state index in [4.69, 9.17) is 23.2 Å². The minimum atomic E-state index is -0.225. The standard InChI is InChI=1S/C15H14Cl2N2O/c1-2-18-12-6-3-10(4-7-12)15(20)19-14-9-11(16)5-8-13(14)17/h3-9,18H,2H2,1H3,(H,19,20). The molecule has 0 saturated carbocycles. The van der Waals surface area contributed by atoms with E-state index in [1.54, 1.807) is 30.3 Å². The molecule has 104 valence electrons. The molecule has 0 aliphatic heterocycles. The van der Waals surface area contributed by atoms with Crippen LogP contribution < -0.4 is 10.6 Å². The van der Waals surface area contributed by atoms with Gasteiger partial charge >= 0.3 is 0 Å². The lowest BCUT2D eigenvalue weighted by Crippen LogP contribution is -2.12. The number of nitrogens with one attached hydrogen (secondary N) is 2. The van der Waals surface area contributed by atoms with Crippen LogP contribution in [0.1, 0.15) is 17.3 Å². The Kier molecular flexibility index (Phi) is 4.88. The molecule has 0 fully saturated rings. The molecule has 20 heavy (non-hydrogen) atoms. The summed E-state index contributed by atoms with van der Waals surface area (Å²) >= 11 is 11.9. The van der Waals surface area contributed by atoms with E-state index in [0.29, 0.717) is 21.3 Å². The Labute approximate surface area is 127 Å². The quantitative estimate of drug-likeness (QED) is 0.861. The van der Waals surface area contributed by atoms with Gasteiger partial charge in [0, 0.05) is 22.8 Å². The van der Waals surface area contributed by atoms with Crippen molar-refractivity contribution in [3.63, 3.8) is 0 Å². The first-order valence-electron chi connectivity index (χ1n) is 6.20. The first kappa shape index (κ1) is 14.7. The van der Waals surface area contributed by atoms with E-state index in [9.17, 15) is 4.79 Å². The van der Waals surface area contributed by atoms with Crippen LogP contribution in [0.2, 0.25) is 10.0 Å². The van der Waals surface area contributed by atoms with Gasteiger partial charge in [0.15, 0.2) is 0 Å². The summed E-state index contributed by atoms with van der Waals surface area (Å²) < 4.78 is 0. The number of hydrogen-bond donors (Lipinski definition) is 2. The van der Waals surface area contributed by atoms with Gasteiger partial charge in [-0.15, -0.1) is 0 Å². The summed E-state index contributed by atoms with van der Waals surface area (Å²) in [6.07, 6.45) is 0. The maximum Gasteiger partial charge on any atom is 0.255 e. The Bertz CT molecular complexity index is 612. The molecule has 3 nitrogen and oxygen atoms in total. The fourth-order valence-electron chi connectivity index (χ4n) is 1.73. The minimum absolute atomic E-state index is 0.225. The highest BCUT2D eigenvalue weighted by molar-refractivity contribution is 6.35. The van der Waals surface area contributed by atoms with Crippen LogP contribution in [0.4, 0.5) is 11.4 Å². The van der Waals surface area contributed by atoms with E-state index < -0.39 is 0 Å². The maximum atomic E-state index is 12.1. The van der Waals surface area contributed by atoms with Crippen LogP contribution in [0, 0.1) is 0 Å². The Morgan fingerprint density at radius 2 is 1.80 bits per heavy atom. The van der Waals surface area contributed by atoms with Crippen molar-refractivity contribution >= 4 is 40.5 Å². The van der Waals surface area contributed by atoms with E-state index in [1.165, 1.54) is 0 Å². The molecule has 0 aliphatic rings. The Balaban J connectivity index is 2.13. The molecule has 0 saturated heterocycles. The predicted octanol–water partition coefficient (Wildman–Crippen LogP) is 4.68. The van der Waals surface area contributed by atoms with Crippen LogP contribution in [0.25, 0.3) is 0 Å². The Hall–Kier alpha value is -1.71. The zero-order valence-electron chi connectivity index (χ0n) is 10.9. The summed E-state index contributed by atoms with van der Waals surface area (Å²) in [7, 11) is 0. The summed E-state index contributed by atoms with van der Waals surface area (Å²) in [5, 5.41) is 6.88. The normalized spacial score (nSPS) is 10.2. The Morgan fingerprint density at radius 1 is 1.10 bits per heavy atom. The molecule has 2 aromatic rings. The number of amides is 1. The summed E-state index contributed by atoms with van der Waals surface area (Å²) in [5.74, 6) is -0.225. The van der Waals surface area contributed by atoms with Gasteiger partial charge in [-0.1, -0.05) is 23.2 Å². The van der Waals surface area contributed by atoms with Crippen LogP contribution in [0.3, 0.4) is 0 Å². The topological polar surface area (TPSA) is 41.1 Å². The molecule has 0 spiro atoms. The van der Waals surface area contributed by atoms with Crippen molar-refractivity contribution in [2.45, 2.75) is 6.92 Å². The molecule has 1 amide bonds. The fourth-order valence-corrected chi connectivity index (χ4v) is 2.07. The average Bonchev–Trinajstić information content (AvgIpc) is 2.44. The molecule has 5 heteroatoms. The molecular weight excluding hydrogens is 295 g/mol. The summed E-state index contributed by atoms with van der Waals surface area (Å²) in [6, 6.07) is 12.2. The second-order valence-electron chi connectivity index (χ2n) is 4.19. The molecule has 2 rings (SSSR count). The number of anilines is 2. The number of carbonyl (C=O) groups excluding carboxylic acids is 1. The SMILES string of the molecule is CCNc1ccc(C(=O)Nc2cc(Cl)ccc2Cl)cc1. The third-order valence-corrected chi connectivity index (χ3v) is 3.27. The predicted molar refractivity (Wildman–Crippen MR) is 85.0 cm³/mol. The lowest BCUT2D eigenvalue weighted by molar-refractivity contribution is 0.102. The van der Waals surface area contributed by atoms with Gasteiger partial charge in [0.05, 0.1) is 10.7 Å². The molecular formula is C15H14Cl2N2O. The van der Waals surface area contributed by atoms with E-state index >= 15 is 0 Å². The number of halogens is 2. The smallest absolute Gasteiger partial charge is 0.255 e. The van der Waals surface area contributed by atoms with Gasteiger partial charge in [0.1, 0.15) is 0 Å². The van der Waals surface area contributed by atoms with Crippen molar-refractivity contribution in [1.82, 2.24) is 0 Å². The second kappa shape index (κ2) is 6.64. The maximum absolute atomic E-state index is 12.1. The third-order valence-electron chi connectivity index (χ3n) is 2.70. The zero-order valence-corrected chi connectivity index (χ0v) is 12.4. The van der Waals surface area contributed by atoms with E-state index in [0.717, 1.165) is 12.2 Å².